The molecule has 0 spiro atoms. The summed E-state index contributed by atoms with van der Waals surface area (Å²) >= 11 is 3.20. The number of carbonyl (C=O) groups is 2. The second-order valence-corrected chi connectivity index (χ2v) is 10.8. The van der Waals surface area contributed by atoms with E-state index < -0.39 is 0 Å². The number of carbonyl (C=O) groups excluding carboxylic acids is 2. The summed E-state index contributed by atoms with van der Waals surface area (Å²) < 4.78 is 1.81. The number of thioether (sulfide) groups is 1. The molecule has 1 fully saturated rings. The summed E-state index contributed by atoms with van der Waals surface area (Å²) in [4.78, 5) is 33.7. The lowest BCUT2D eigenvalue weighted by molar-refractivity contribution is 0.0712. The first-order chi connectivity index (χ1) is 18.0. The maximum atomic E-state index is 13.2. The van der Waals surface area contributed by atoms with Crippen molar-refractivity contribution >= 4 is 34.9 Å². The molecule has 1 saturated heterocycles. The van der Waals surface area contributed by atoms with Crippen molar-refractivity contribution < 1.29 is 9.59 Å². The Balaban J connectivity index is 1.17. The van der Waals surface area contributed by atoms with Crippen LogP contribution in [0.5, 0.6) is 0 Å². The zero-order valence-corrected chi connectivity index (χ0v) is 22.5. The quantitative estimate of drug-likeness (QED) is 0.327. The van der Waals surface area contributed by atoms with Crippen LogP contribution in [0.25, 0.3) is 5.69 Å². The first-order valence-corrected chi connectivity index (χ1v) is 14.4. The van der Waals surface area contributed by atoms with Crippen molar-refractivity contribution in [2.45, 2.75) is 37.1 Å². The molecule has 7 nitrogen and oxygen atoms in total. The van der Waals surface area contributed by atoms with E-state index in [0.717, 1.165) is 39.7 Å². The third-order valence-corrected chi connectivity index (χ3v) is 8.60. The second kappa shape index (κ2) is 11.3. The molecule has 2 amide bonds. The van der Waals surface area contributed by atoms with Crippen molar-refractivity contribution in [3.05, 3.63) is 93.7 Å². The minimum atomic E-state index is -0.156. The molecule has 2 aromatic carbocycles. The molecule has 9 heteroatoms. The van der Waals surface area contributed by atoms with Crippen LogP contribution in [0.15, 0.2) is 71.1 Å². The number of nitrogens with zero attached hydrogens (tertiary/aromatic N) is 4. The molecule has 0 atom stereocenters. The molecule has 4 aromatic rings. The molecule has 0 bridgehead atoms. The molecule has 3 heterocycles. The lowest BCUT2D eigenvalue weighted by atomic mass is 9.97. The molecule has 5 rings (SSSR count). The standard InChI is InChI=1S/C28H29N5O2S2/c1-19-23(17-30-33(19)22-9-4-3-5-10-22)28(35)32-14-12-20(13-15-32)27-31-24(18-37-27)26(34)29-16-21-8-6-7-11-25(21)36-2/h3-11,17-18,20H,12-16H2,1-2H3,(H,29,34). The van der Waals surface area contributed by atoms with Gasteiger partial charge in [0.05, 0.1) is 28.1 Å². The summed E-state index contributed by atoms with van der Waals surface area (Å²) in [6.07, 6.45) is 5.35. The highest BCUT2D eigenvalue weighted by atomic mass is 32.2. The van der Waals surface area contributed by atoms with E-state index >= 15 is 0 Å². The van der Waals surface area contributed by atoms with Crippen LogP contribution in [-0.4, -0.2) is 50.8 Å². The molecule has 0 aliphatic carbocycles. The van der Waals surface area contributed by atoms with Gasteiger partial charge in [-0.1, -0.05) is 36.4 Å². The van der Waals surface area contributed by atoms with Crippen molar-refractivity contribution in [2.75, 3.05) is 19.3 Å². The van der Waals surface area contributed by atoms with Crippen LogP contribution >= 0.6 is 23.1 Å². The Morgan fingerprint density at radius 2 is 1.81 bits per heavy atom. The van der Waals surface area contributed by atoms with E-state index in [1.807, 2.05) is 76.7 Å². The average molecular weight is 532 g/mol. The molecule has 1 aliphatic rings. The Kier molecular flexibility index (Phi) is 7.71. The number of hydrogen-bond acceptors (Lipinski definition) is 6. The molecule has 0 unspecified atom stereocenters. The number of thiazole rings is 1. The van der Waals surface area contributed by atoms with Crippen LogP contribution in [0.4, 0.5) is 0 Å². The molecule has 2 aromatic heterocycles. The van der Waals surface area contributed by atoms with Crippen LogP contribution in [0.3, 0.4) is 0 Å². The number of para-hydroxylation sites is 1. The third-order valence-electron chi connectivity index (χ3n) is 6.76. The van der Waals surface area contributed by atoms with Crippen molar-refractivity contribution in [2.24, 2.45) is 0 Å². The number of hydrogen-bond donors (Lipinski definition) is 1. The zero-order valence-electron chi connectivity index (χ0n) is 20.9. The average Bonchev–Trinajstić information content (AvgIpc) is 3.59. The van der Waals surface area contributed by atoms with Gasteiger partial charge in [0.1, 0.15) is 5.69 Å². The first-order valence-electron chi connectivity index (χ1n) is 12.3. The van der Waals surface area contributed by atoms with E-state index in [4.69, 9.17) is 0 Å². The van der Waals surface area contributed by atoms with Gasteiger partial charge in [-0.2, -0.15) is 5.10 Å². The normalized spacial score (nSPS) is 14.1. The second-order valence-electron chi connectivity index (χ2n) is 9.02. The van der Waals surface area contributed by atoms with Gasteiger partial charge in [-0.3, -0.25) is 9.59 Å². The SMILES string of the molecule is CSc1ccccc1CNC(=O)c1csc(C2CCN(C(=O)c3cnn(-c4ccccc4)c3C)CC2)n1. The van der Waals surface area contributed by atoms with Crippen LogP contribution in [0.2, 0.25) is 0 Å². The lowest BCUT2D eigenvalue weighted by Crippen LogP contribution is -2.38. The number of rotatable bonds is 7. The van der Waals surface area contributed by atoms with E-state index in [9.17, 15) is 9.59 Å². The van der Waals surface area contributed by atoms with E-state index in [0.29, 0.717) is 30.9 Å². The fourth-order valence-corrected chi connectivity index (χ4v) is 6.23. The highest BCUT2D eigenvalue weighted by Gasteiger charge is 2.28. The number of amides is 2. The third kappa shape index (κ3) is 5.47. The van der Waals surface area contributed by atoms with E-state index in [2.05, 4.69) is 21.5 Å². The molecule has 0 radical (unpaired) electrons. The summed E-state index contributed by atoms with van der Waals surface area (Å²) in [7, 11) is 0. The number of benzene rings is 2. The van der Waals surface area contributed by atoms with E-state index in [-0.39, 0.29) is 17.7 Å². The predicted molar refractivity (Wildman–Crippen MR) is 148 cm³/mol. The number of likely N-dealkylation sites (tertiary alicyclic amines) is 1. The number of aromatic nitrogens is 3. The molecule has 1 aliphatic heterocycles. The first kappa shape index (κ1) is 25.2. The molecule has 1 N–H and O–H groups in total. The van der Waals surface area contributed by atoms with Crippen LogP contribution in [-0.2, 0) is 6.54 Å². The van der Waals surface area contributed by atoms with Gasteiger partial charge >= 0.3 is 0 Å². The van der Waals surface area contributed by atoms with Gasteiger partial charge < -0.3 is 10.2 Å². The number of piperidine rings is 1. The van der Waals surface area contributed by atoms with Crippen molar-refractivity contribution in [3.63, 3.8) is 0 Å². The predicted octanol–water partition coefficient (Wildman–Crippen LogP) is 5.31. The fraction of sp³-hybridized carbons (Fsp3) is 0.286. The van der Waals surface area contributed by atoms with Crippen molar-refractivity contribution in [1.29, 1.82) is 0 Å². The molecule has 37 heavy (non-hydrogen) atoms. The minimum absolute atomic E-state index is 0.0165. The largest absolute Gasteiger partial charge is 0.347 e. The lowest BCUT2D eigenvalue weighted by Gasteiger charge is -2.31. The highest BCUT2D eigenvalue weighted by Crippen LogP contribution is 2.31. The topological polar surface area (TPSA) is 80.1 Å². The maximum Gasteiger partial charge on any atom is 0.271 e. The highest BCUT2D eigenvalue weighted by molar-refractivity contribution is 7.98. The van der Waals surface area contributed by atoms with Crippen LogP contribution in [0, 0.1) is 6.92 Å². The van der Waals surface area contributed by atoms with E-state index in [1.165, 1.54) is 11.3 Å². The van der Waals surface area contributed by atoms with Gasteiger partial charge in [-0.25, -0.2) is 9.67 Å². The zero-order chi connectivity index (χ0) is 25.8. The van der Waals surface area contributed by atoms with Crippen LogP contribution in [0.1, 0.15) is 55.9 Å². The molecular formula is C28H29N5O2S2. The summed E-state index contributed by atoms with van der Waals surface area (Å²) in [6, 6.07) is 17.9. The summed E-state index contributed by atoms with van der Waals surface area (Å²) in [5.41, 5.74) is 3.98. The monoisotopic (exact) mass is 531 g/mol. The van der Waals surface area contributed by atoms with Gasteiger partial charge in [-0.15, -0.1) is 23.1 Å². The summed E-state index contributed by atoms with van der Waals surface area (Å²) in [5.74, 6) is 0.112. The maximum absolute atomic E-state index is 13.2. The van der Waals surface area contributed by atoms with Gasteiger partial charge in [0.2, 0.25) is 0 Å². The van der Waals surface area contributed by atoms with Crippen LogP contribution < -0.4 is 5.32 Å². The molecule has 190 valence electrons. The minimum Gasteiger partial charge on any atom is -0.347 e. The Morgan fingerprint density at radius 3 is 2.57 bits per heavy atom. The van der Waals surface area contributed by atoms with E-state index in [1.54, 1.807) is 18.0 Å². The Morgan fingerprint density at radius 1 is 1.08 bits per heavy atom. The number of nitrogens with one attached hydrogen (secondary N) is 1. The van der Waals surface area contributed by atoms with Gasteiger partial charge in [0, 0.05) is 35.8 Å². The molecule has 0 saturated carbocycles. The molecular weight excluding hydrogens is 502 g/mol. The van der Waals surface area contributed by atoms with Gasteiger partial charge in [-0.05, 0) is 49.8 Å². The Labute approximate surface area is 224 Å². The Bertz CT molecular complexity index is 1390. The Hall–Kier alpha value is -3.43. The van der Waals surface area contributed by atoms with Crippen molar-refractivity contribution in [1.82, 2.24) is 25.0 Å². The van der Waals surface area contributed by atoms with Gasteiger partial charge in [0.15, 0.2) is 0 Å². The summed E-state index contributed by atoms with van der Waals surface area (Å²) in [5, 5.41) is 10.3. The fourth-order valence-electron chi connectivity index (χ4n) is 4.64. The smallest absolute Gasteiger partial charge is 0.271 e. The van der Waals surface area contributed by atoms with Crippen molar-refractivity contribution in [3.8, 4) is 5.69 Å². The summed E-state index contributed by atoms with van der Waals surface area (Å²) in [6.45, 7) is 3.73. The van der Waals surface area contributed by atoms with Gasteiger partial charge in [0.25, 0.3) is 11.8 Å².